The number of hydrogen-bond donors (Lipinski definition) is 0. The molecule has 0 atom stereocenters. The number of carbonyl (C=O) groups excluding carboxylic acids is 1. The number of benzene rings is 2. The van der Waals surface area contributed by atoms with Crippen LogP contribution in [0.25, 0.3) is 10.2 Å². The maximum absolute atomic E-state index is 12.5. The van der Waals surface area contributed by atoms with Gasteiger partial charge in [-0.3, -0.25) is 9.69 Å². The van der Waals surface area contributed by atoms with Crippen LogP contribution in [-0.2, 0) is 17.9 Å². The van der Waals surface area contributed by atoms with Crippen LogP contribution in [-0.4, -0.2) is 47.9 Å². The number of carbonyl (C=O) groups is 1. The quantitative estimate of drug-likeness (QED) is 0.594. The predicted molar refractivity (Wildman–Crippen MR) is 110 cm³/mol. The second-order valence-corrected chi connectivity index (χ2v) is 7.69. The Balaban J connectivity index is 1.52. The molecule has 6 heteroatoms. The van der Waals surface area contributed by atoms with Crippen LogP contribution in [0.1, 0.15) is 17.5 Å². The van der Waals surface area contributed by atoms with Gasteiger partial charge in [-0.2, -0.15) is 0 Å². The number of nitrogens with zero attached hydrogens (tertiary/aromatic N) is 3. The van der Waals surface area contributed by atoms with E-state index in [1.165, 1.54) is 0 Å². The molecule has 142 valence electrons. The van der Waals surface area contributed by atoms with Crippen molar-refractivity contribution in [1.82, 2.24) is 14.8 Å². The third-order valence-corrected chi connectivity index (χ3v) is 5.25. The van der Waals surface area contributed by atoms with Gasteiger partial charge in [0.1, 0.15) is 10.8 Å². The number of para-hydroxylation sites is 1. The monoisotopic (exact) mass is 383 g/mol. The highest BCUT2D eigenvalue weighted by atomic mass is 32.1. The van der Waals surface area contributed by atoms with E-state index in [1.54, 1.807) is 16.2 Å². The molecule has 0 aliphatic heterocycles. The van der Waals surface area contributed by atoms with Crippen LogP contribution in [0.2, 0.25) is 0 Å². The molecule has 0 saturated carbocycles. The second-order valence-electron chi connectivity index (χ2n) is 6.57. The predicted octanol–water partition coefficient (Wildman–Crippen LogP) is 3.79. The van der Waals surface area contributed by atoms with E-state index in [9.17, 15) is 4.79 Å². The van der Waals surface area contributed by atoms with Gasteiger partial charge < -0.3 is 9.64 Å². The van der Waals surface area contributed by atoms with Crippen molar-refractivity contribution in [2.75, 3.05) is 27.2 Å². The van der Waals surface area contributed by atoms with E-state index in [-0.39, 0.29) is 5.91 Å². The van der Waals surface area contributed by atoms with Gasteiger partial charge in [-0.15, -0.1) is 11.3 Å². The number of rotatable bonds is 8. The lowest BCUT2D eigenvalue weighted by Crippen LogP contribution is -2.36. The van der Waals surface area contributed by atoms with Gasteiger partial charge >= 0.3 is 0 Å². The number of amides is 1. The number of aromatic nitrogens is 1. The van der Waals surface area contributed by atoms with Crippen molar-refractivity contribution in [3.8, 4) is 5.75 Å². The molecule has 0 radical (unpaired) electrons. The van der Waals surface area contributed by atoms with E-state index in [1.807, 2.05) is 68.4 Å². The van der Waals surface area contributed by atoms with Crippen LogP contribution in [0.3, 0.4) is 0 Å². The minimum absolute atomic E-state index is 0.0858. The zero-order chi connectivity index (χ0) is 19.2. The fourth-order valence-electron chi connectivity index (χ4n) is 2.86. The molecule has 5 nitrogen and oxygen atoms in total. The minimum atomic E-state index is 0.0858. The van der Waals surface area contributed by atoms with Crippen LogP contribution >= 0.6 is 11.3 Å². The van der Waals surface area contributed by atoms with E-state index in [4.69, 9.17) is 4.74 Å². The van der Waals surface area contributed by atoms with E-state index >= 15 is 0 Å². The van der Waals surface area contributed by atoms with Crippen molar-refractivity contribution < 1.29 is 9.53 Å². The highest BCUT2D eigenvalue weighted by molar-refractivity contribution is 7.18. The fraction of sp³-hybridized carbons (Fsp3) is 0.333. The van der Waals surface area contributed by atoms with E-state index in [0.717, 1.165) is 26.5 Å². The molecule has 0 N–H and O–H groups in total. The summed E-state index contributed by atoms with van der Waals surface area (Å²) in [5.74, 6) is 0.957. The Kier molecular flexibility index (Phi) is 6.42. The molecule has 1 heterocycles. The molecule has 0 unspecified atom stereocenters. The lowest BCUT2D eigenvalue weighted by Gasteiger charge is -2.21. The molecule has 3 aromatic rings. The van der Waals surface area contributed by atoms with Crippen LogP contribution < -0.4 is 4.74 Å². The summed E-state index contributed by atoms with van der Waals surface area (Å²) in [6.45, 7) is 4.25. The summed E-state index contributed by atoms with van der Waals surface area (Å²) < 4.78 is 6.61. The lowest BCUT2D eigenvalue weighted by atomic mass is 10.2. The summed E-state index contributed by atoms with van der Waals surface area (Å²) in [4.78, 5) is 20.9. The molecular formula is C21H25N3O2S. The van der Waals surface area contributed by atoms with Gasteiger partial charge in [0, 0.05) is 13.6 Å². The first-order valence-corrected chi connectivity index (χ1v) is 9.85. The average Bonchev–Trinajstić information content (AvgIpc) is 3.05. The normalized spacial score (nSPS) is 11.1. The Morgan fingerprint density at radius 1 is 1.07 bits per heavy atom. The molecule has 0 aliphatic rings. The summed E-state index contributed by atoms with van der Waals surface area (Å²) in [6, 6.07) is 16.1. The first-order chi connectivity index (χ1) is 13.0. The Morgan fingerprint density at radius 2 is 1.81 bits per heavy atom. The van der Waals surface area contributed by atoms with Crippen LogP contribution in [0.4, 0.5) is 0 Å². The number of ether oxygens (including phenoxy) is 1. The topological polar surface area (TPSA) is 45.7 Å². The highest BCUT2D eigenvalue weighted by Gasteiger charge is 2.14. The Morgan fingerprint density at radius 3 is 2.52 bits per heavy atom. The SMILES string of the molecule is CCOc1ccc(CN(C)CC(=O)N(C)Cc2nc3ccccc3s2)cc1. The number of fused-ring (bicyclic) bond motifs is 1. The first-order valence-electron chi connectivity index (χ1n) is 9.04. The maximum Gasteiger partial charge on any atom is 0.236 e. The smallest absolute Gasteiger partial charge is 0.236 e. The Bertz CT molecular complexity index is 859. The Hall–Kier alpha value is -2.44. The largest absolute Gasteiger partial charge is 0.494 e. The molecule has 0 aliphatic carbocycles. The Labute approximate surface area is 164 Å². The molecular weight excluding hydrogens is 358 g/mol. The second kappa shape index (κ2) is 8.97. The molecule has 1 amide bonds. The fourth-order valence-corrected chi connectivity index (χ4v) is 3.88. The van der Waals surface area contributed by atoms with Gasteiger partial charge in [0.2, 0.25) is 5.91 Å². The third-order valence-electron chi connectivity index (χ3n) is 4.23. The zero-order valence-electron chi connectivity index (χ0n) is 16.0. The average molecular weight is 384 g/mol. The minimum Gasteiger partial charge on any atom is -0.494 e. The van der Waals surface area contributed by atoms with Crippen molar-refractivity contribution in [1.29, 1.82) is 0 Å². The van der Waals surface area contributed by atoms with Gasteiger partial charge in [-0.05, 0) is 43.8 Å². The summed E-state index contributed by atoms with van der Waals surface area (Å²) in [7, 11) is 3.79. The zero-order valence-corrected chi connectivity index (χ0v) is 16.8. The number of likely N-dealkylation sites (N-methyl/N-ethyl adjacent to an activating group) is 2. The summed E-state index contributed by atoms with van der Waals surface area (Å²) in [5, 5.41) is 0.959. The standard InChI is InChI=1S/C21H25N3O2S/c1-4-26-17-11-9-16(10-12-17)13-23(2)15-21(25)24(3)14-20-22-18-7-5-6-8-19(18)27-20/h5-12H,4,13-15H2,1-3H3. The van der Waals surface area contributed by atoms with Gasteiger partial charge in [0.25, 0.3) is 0 Å². The maximum atomic E-state index is 12.5. The van der Waals surface area contributed by atoms with Gasteiger partial charge in [-0.25, -0.2) is 4.98 Å². The van der Waals surface area contributed by atoms with Crippen LogP contribution in [0, 0.1) is 0 Å². The van der Waals surface area contributed by atoms with Crippen LogP contribution in [0.5, 0.6) is 5.75 Å². The first kappa shape index (κ1) is 19.3. The molecule has 0 bridgehead atoms. The van der Waals surface area contributed by atoms with Crippen molar-refractivity contribution >= 4 is 27.5 Å². The van der Waals surface area contributed by atoms with Gasteiger partial charge in [0.15, 0.2) is 0 Å². The van der Waals surface area contributed by atoms with Crippen LogP contribution in [0.15, 0.2) is 48.5 Å². The molecule has 1 aromatic heterocycles. The van der Waals surface area contributed by atoms with E-state index < -0.39 is 0 Å². The third kappa shape index (κ3) is 5.28. The van der Waals surface area contributed by atoms with Crippen molar-refractivity contribution in [2.24, 2.45) is 0 Å². The van der Waals surface area contributed by atoms with E-state index in [2.05, 4.69) is 11.1 Å². The molecule has 3 rings (SSSR count). The molecule has 2 aromatic carbocycles. The number of thiazole rings is 1. The van der Waals surface area contributed by atoms with E-state index in [0.29, 0.717) is 26.2 Å². The summed E-state index contributed by atoms with van der Waals surface area (Å²) in [5.41, 5.74) is 2.15. The molecule has 0 fully saturated rings. The summed E-state index contributed by atoms with van der Waals surface area (Å²) >= 11 is 1.64. The van der Waals surface area contributed by atoms with Crippen molar-refractivity contribution in [3.05, 3.63) is 59.1 Å². The van der Waals surface area contributed by atoms with Gasteiger partial charge in [-0.1, -0.05) is 24.3 Å². The summed E-state index contributed by atoms with van der Waals surface area (Å²) in [6.07, 6.45) is 0. The van der Waals surface area contributed by atoms with Crippen molar-refractivity contribution in [3.63, 3.8) is 0 Å². The number of hydrogen-bond acceptors (Lipinski definition) is 5. The lowest BCUT2D eigenvalue weighted by molar-refractivity contribution is -0.131. The van der Waals surface area contributed by atoms with Crippen molar-refractivity contribution in [2.45, 2.75) is 20.0 Å². The highest BCUT2D eigenvalue weighted by Crippen LogP contribution is 2.22. The molecule has 27 heavy (non-hydrogen) atoms. The van der Waals surface area contributed by atoms with Gasteiger partial charge in [0.05, 0.1) is 29.9 Å². The molecule has 0 saturated heterocycles. The molecule has 0 spiro atoms.